The van der Waals surface area contributed by atoms with E-state index in [1.807, 2.05) is 13.8 Å². The molecule has 0 unspecified atom stereocenters. The van der Waals surface area contributed by atoms with E-state index in [0.717, 1.165) is 11.4 Å². The summed E-state index contributed by atoms with van der Waals surface area (Å²) in [6.07, 6.45) is 0. The van der Waals surface area contributed by atoms with Crippen molar-refractivity contribution < 1.29 is 0 Å². The molecule has 0 aliphatic carbocycles. The lowest BCUT2D eigenvalue weighted by Crippen LogP contribution is -1.88. The van der Waals surface area contributed by atoms with Crippen LogP contribution in [0.3, 0.4) is 0 Å². The highest BCUT2D eigenvalue weighted by Gasteiger charge is 2.01. The maximum Gasteiger partial charge on any atom is 0.0660 e. The van der Waals surface area contributed by atoms with Gasteiger partial charge < -0.3 is 0 Å². The topological polar surface area (TPSA) is 12.4 Å². The summed E-state index contributed by atoms with van der Waals surface area (Å²) >= 11 is 0. The van der Waals surface area contributed by atoms with Gasteiger partial charge >= 0.3 is 0 Å². The Morgan fingerprint density at radius 3 is 2.15 bits per heavy atom. The first-order chi connectivity index (χ1) is 6.02. The molecule has 1 nitrogen and oxygen atoms in total. The largest absolute Gasteiger partial charge is 0.258 e. The van der Waals surface area contributed by atoms with Crippen molar-refractivity contribution in [3.63, 3.8) is 0 Å². The maximum absolute atomic E-state index is 4.48. The van der Waals surface area contributed by atoms with E-state index in [1.165, 1.54) is 16.7 Å². The van der Waals surface area contributed by atoms with Crippen LogP contribution in [0.4, 0.5) is 5.69 Å². The number of nitrogens with zero attached hydrogens (tertiary/aromatic N) is 1. The zero-order valence-electron chi connectivity index (χ0n) is 9.10. The van der Waals surface area contributed by atoms with Crippen molar-refractivity contribution in [1.82, 2.24) is 0 Å². The number of rotatable bonds is 1. The van der Waals surface area contributed by atoms with Crippen LogP contribution in [0.2, 0.25) is 0 Å². The Morgan fingerprint density at radius 1 is 1.00 bits per heavy atom. The first-order valence-corrected chi connectivity index (χ1v) is 4.61. The fraction of sp³-hybridized carbons (Fsp3) is 0.417. The highest BCUT2D eigenvalue weighted by atomic mass is 14.7. The van der Waals surface area contributed by atoms with Crippen LogP contribution in [0.15, 0.2) is 17.1 Å². The first kappa shape index (κ1) is 9.97. The monoisotopic (exact) mass is 175 g/mol. The lowest BCUT2D eigenvalue weighted by molar-refractivity contribution is 1.25. The van der Waals surface area contributed by atoms with Crippen LogP contribution in [0.1, 0.15) is 30.5 Å². The second kappa shape index (κ2) is 3.73. The molecule has 0 aliphatic heterocycles. The summed E-state index contributed by atoms with van der Waals surface area (Å²) in [6, 6.07) is 4.22. The molecule has 0 spiro atoms. The molecule has 0 heterocycles. The van der Waals surface area contributed by atoms with Crippen LogP contribution in [0.5, 0.6) is 0 Å². The Kier molecular flexibility index (Phi) is 2.86. The maximum atomic E-state index is 4.48. The average Bonchev–Trinajstić information content (AvgIpc) is 2.06. The van der Waals surface area contributed by atoms with Gasteiger partial charge in [0, 0.05) is 5.71 Å². The Bertz CT molecular complexity index is 344. The van der Waals surface area contributed by atoms with E-state index < -0.39 is 0 Å². The number of hydrogen-bond acceptors (Lipinski definition) is 1. The molecule has 0 bridgehead atoms. The lowest BCUT2D eigenvalue weighted by atomic mass is 10.0. The second-order valence-corrected chi connectivity index (χ2v) is 3.71. The molecule has 1 aromatic rings. The van der Waals surface area contributed by atoms with Crippen molar-refractivity contribution in [2.75, 3.05) is 0 Å². The summed E-state index contributed by atoms with van der Waals surface area (Å²) in [5.74, 6) is 0. The molecule has 1 heteroatoms. The standard InChI is InChI=1S/C12H17N/c1-8(2)13-12-7-6-9(3)10(4)11(12)5/h6-7H,1-5H3. The fourth-order valence-corrected chi connectivity index (χ4v) is 1.30. The van der Waals surface area contributed by atoms with E-state index in [1.54, 1.807) is 0 Å². The highest BCUT2D eigenvalue weighted by molar-refractivity contribution is 5.82. The minimum absolute atomic E-state index is 1.10. The molecule has 0 saturated carbocycles. The molecule has 1 aromatic carbocycles. The summed E-state index contributed by atoms with van der Waals surface area (Å²) in [6.45, 7) is 10.5. The predicted molar refractivity (Wildman–Crippen MR) is 59.1 cm³/mol. The van der Waals surface area contributed by atoms with Gasteiger partial charge in [-0.15, -0.1) is 0 Å². The van der Waals surface area contributed by atoms with Gasteiger partial charge in [-0.25, -0.2) is 0 Å². The van der Waals surface area contributed by atoms with E-state index in [9.17, 15) is 0 Å². The highest BCUT2D eigenvalue weighted by Crippen LogP contribution is 2.24. The van der Waals surface area contributed by atoms with Gasteiger partial charge in [-0.2, -0.15) is 0 Å². The third-order valence-corrected chi connectivity index (χ3v) is 2.37. The molecular formula is C12H17N. The van der Waals surface area contributed by atoms with Gasteiger partial charge in [0.1, 0.15) is 0 Å². The second-order valence-electron chi connectivity index (χ2n) is 3.71. The smallest absolute Gasteiger partial charge is 0.0660 e. The van der Waals surface area contributed by atoms with Crippen LogP contribution >= 0.6 is 0 Å². The number of hydrogen-bond donors (Lipinski definition) is 0. The van der Waals surface area contributed by atoms with Gasteiger partial charge in [0.15, 0.2) is 0 Å². The summed E-state index contributed by atoms with van der Waals surface area (Å²) < 4.78 is 0. The zero-order chi connectivity index (χ0) is 10.0. The number of benzene rings is 1. The average molecular weight is 175 g/mol. The molecular weight excluding hydrogens is 158 g/mol. The van der Waals surface area contributed by atoms with Crippen LogP contribution in [0.25, 0.3) is 0 Å². The minimum atomic E-state index is 1.10. The fourth-order valence-electron chi connectivity index (χ4n) is 1.30. The van der Waals surface area contributed by atoms with Crippen LogP contribution in [-0.4, -0.2) is 5.71 Å². The van der Waals surface area contributed by atoms with E-state index in [-0.39, 0.29) is 0 Å². The summed E-state index contributed by atoms with van der Waals surface area (Å²) in [5.41, 5.74) is 6.18. The normalized spacial score (nSPS) is 9.92. The van der Waals surface area contributed by atoms with E-state index in [2.05, 4.69) is 37.9 Å². The number of aryl methyl sites for hydroxylation is 1. The van der Waals surface area contributed by atoms with Gasteiger partial charge in [0.2, 0.25) is 0 Å². The molecule has 0 N–H and O–H groups in total. The van der Waals surface area contributed by atoms with Crippen LogP contribution < -0.4 is 0 Å². The molecule has 0 aliphatic rings. The van der Waals surface area contributed by atoms with Crippen molar-refractivity contribution in [2.45, 2.75) is 34.6 Å². The van der Waals surface area contributed by atoms with Gasteiger partial charge in [-0.1, -0.05) is 6.07 Å². The van der Waals surface area contributed by atoms with Gasteiger partial charge in [0.25, 0.3) is 0 Å². The molecule has 0 saturated heterocycles. The van der Waals surface area contributed by atoms with Gasteiger partial charge in [0.05, 0.1) is 5.69 Å². The van der Waals surface area contributed by atoms with Crippen molar-refractivity contribution in [2.24, 2.45) is 4.99 Å². The van der Waals surface area contributed by atoms with Gasteiger partial charge in [-0.3, -0.25) is 4.99 Å². The van der Waals surface area contributed by atoms with E-state index >= 15 is 0 Å². The van der Waals surface area contributed by atoms with E-state index in [4.69, 9.17) is 0 Å². The quantitative estimate of drug-likeness (QED) is 0.577. The number of aliphatic imine (C=N–C) groups is 1. The Labute approximate surface area is 80.5 Å². The predicted octanol–water partition coefficient (Wildman–Crippen LogP) is 3.72. The molecule has 70 valence electrons. The third kappa shape index (κ3) is 2.18. The van der Waals surface area contributed by atoms with Crippen molar-refractivity contribution in [1.29, 1.82) is 0 Å². The van der Waals surface area contributed by atoms with E-state index in [0.29, 0.717) is 0 Å². The zero-order valence-corrected chi connectivity index (χ0v) is 9.10. The Hall–Kier alpha value is -1.11. The molecule has 1 rings (SSSR count). The van der Waals surface area contributed by atoms with Crippen LogP contribution in [-0.2, 0) is 0 Å². The lowest BCUT2D eigenvalue weighted by Gasteiger charge is -2.07. The van der Waals surface area contributed by atoms with Crippen LogP contribution in [0, 0.1) is 20.8 Å². The minimum Gasteiger partial charge on any atom is -0.258 e. The summed E-state index contributed by atoms with van der Waals surface area (Å²) in [4.78, 5) is 4.48. The summed E-state index contributed by atoms with van der Waals surface area (Å²) in [5, 5.41) is 0. The molecule has 0 aromatic heterocycles. The molecule has 0 radical (unpaired) electrons. The van der Waals surface area contributed by atoms with Gasteiger partial charge in [-0.05, 0) is 57.4 Å². The molecule has 0 amide bonds. The SMILES string of the molecule is CC(C)=Nc1ccc(C)c(C)c1C. The van der Waals surface area contributed by atoms with Crippen molar-refractivity contribution >= 4 is 11.4 Å². The Morgan fingerprint density at radius 2 is 1.62 bits per heavy atom. The summed E-state index contributed by atoms with van der Waals surface area (Å²) in [7, 11) is 0. The molecule has 13 heavy (non-hydrogen) atoms. The Balaban J connectivity index is 3.26. The van der Waals surface area contributed by atoms with Crippen molar-refractivity contribution in [3.05, 3.63) is 28.8 Å². The third-order valence-electron chi connectivity index (χ3n) is 2.37. The molecule has 0 atom stereocenters. The molecule has 0 fully saturated rings. The van der Waals surface area contributed by atoms with Crippen molar-refractivity contribution in [3.8, 4) is 0 Å². The first-order valence-electron chi connectivity index (χ1n) is 4.61.